The van der Waals surface area contributed by atoms with Gasteiger partial charge in [-0.1, -0.05) is 80.9 Å². The molecule has 0 unspecified atom stereocenters. The van der Waals surface area contributed by atoms with Gasteiger partial charge < -0.3 is 140 Å². The Morgan fingerprint density at radius 2 is 0.884 bits per heavy atom. The fourth-order valence-electron chi connectivity index (χ4n) is 27.6. The summed E-state index contributed by atoms with van der Waals surface area (Å²) in [6.45, 7) is 33.3. The van der Waals surface area contributed by atoms with Crippen molar-refractivity contribution < 1.29 is 140 Å². The monoisotopic (exact) mass is 1600 g/mol. The Morgan fingerprint density at radius 1 is 0.455 bits per heavy atom. The van der Waals surface area contributed by atoms with E-state index in [2.05, 4.69) is 68.4 Å². The lowest BCUT2D eigenvalue weighted by atomic mass is 9.34. The fourth-order valence-corrected chi connectivity index (χ4v) is 27.6. The molecule has 8 aliphatic carbocycles. The van der Waals surface area contributed by atoms with Crippen LogP contribution in [0, 0.1) is 90.7 Å². The molecule has 112 heavy (non-hydrogen) atoms. The van der Waals surface area contributed by atoms with Crippen molar-refractivity contribution in [2.75, 3.05) is 19.8 Å². The maximum absolute atomic E-state index is 12.6. The zero-order valence-electron chi connectivity index (χ0n) is 69.4. The molecule has 28 heteroatoms. The molecule has 0 aromatic rings. The van der Waals surface area contributed by atoms with Crippen molar-refractivity contribution in [2.24, 2.45) is 90.7 Å². The molecule has 648 valence electrons. The van der Waals surface area contributed by atoms with Crippen molar-refractivity contribution in [1.82, 2.24) is 0 Å². The molecule has 43 atom stereocenters. The summed E-state index contributed by atoms with van der Waals surface area (Å²) in [5.41, 5.74) is -5.28. The van der Waals surface area contributed by atoms with Gasteiger partial charge in [-0.3, -0.25) is 0 Å². The van der Waals surface area contributed by atoms with E-state index in [1.54, 1.807) is 13.8 Å². The second-order valence-corrected chi connectivity index (χ2v) is 41.4. The third-order valence-electron chi connectivity index (χ3n) is 33.9. The third kappa shape index (κ3) is 14.6. The summed E-state index contributed by atoms with van der Waals surface area (Å²) < 4.78 is 57.4. The Morgan fingerprint density at radius 3 is 1.37 bits per heavy atom. The molecule has 0 amide bonds. The number of ether oxygens (including phenoxy) is 9. The highest BCUT2D eigenvalue weighted by atomic mass is 16.8. The van der Waals surface area contributed by atoms with Crippen LogP contribution < -0.4 is 0 Å². The summed E-state index contributed by atoms with van der Waals surface area (Å²) in [5, 5.41) is 208. The molecule has 13 rings (SSSR count). The predicted molar refractivity (Wildman–Crippen MR) is 403 cm³/mol. The Balaban J connectivity index is 0.000000208. The lowest BCUT2D eigenvalue weighted by Crippen LogP contribution is -2.71. The molecule has 0 aromatic heterocycles. The van der Waals surface area contributed by atoms with E-state index < -0.39 is 234 Å². The van der Waals surface area contributed by atoms with E-state index in [9.17, 15) is 97.0 Å². The minimum atomic E-state index is -1.70. The van der Waals surface area contributed by atoms with Gasteiger partial charge in [-0.2, -0.15) is 0 Å². The van der Waals surface area contributed by atoms with Gasteiger partial charge in [0, 0.05) is 0 Å². The fraction of sp³-hybridized carbons (Fsp3) is 0.976. The zero-order valence-corrected chi connectivity index (χ0v) is 69.4. The van der Waals surface area contributed by atoms with E-state index in [1.807, 2.05) is 34.6 Å². The van der Waals surface area contributed by atoms with Gasteiger partial charge in [-0.25, -0.2) is 0 Å². The molecule has 13 fully saturated rings. The molecule has 0 bridgehead atoms. The third-order valence-corrected chi connectivity index (χ3v) is 33.9. The summed E-state index contributed by atoms with van der Waals surface area (Å²) in [5.74, 6) is -1.03. The molecule has 5 aliphatic heterocycles. The number of aliphatic hydroxyl groups is 19. The van der Waals surface area contributed by atoms with E-state index in [0.29, 0.717) is 70.6 Å². The summed E-state index contributed by atoms with van der Waals surface area (Å²) in [4.78, 5) is 0. The van der Waals surface area contributed by atoms with Crippen LogP contribution in [0.4, 0.5) is 0 Å². The highest BCUT2D eigenvalue weighted by Gasteiger charge is 2.77. The van der Waals surface area contributed by atoms with Gasteiger partial charge in [-0.05, 0) is 242 Å². The van der Waals surface area contributed by atoms with Crippen LogP contribution in [0.2, 0.25) is 0 Å². The van der Waals surface area contributed by atoms with Crippen molar-refractivity contribution in [3.8, 4) is 0 Å². The molecule has 8 saturated carbocycles. The Kier molecular flexibility index (Phi) is 25.5. The smallest absolute Gasteiger partial charge is 0.187 e. The van der Waals surface area contributed by atoms with Gasteiger partial charge in [-0.15, -0.1) is 0 Å². The quantitative estimate of drug-likeness (QED) is 0.0734. The van der Waals surface area contributed by atoms with E-state index in [0.717, 1.165) is 37.7 Å². The first-order valence-electron chi connectivity index (χ1n) is 42.2. The van der Waals surface area contributed by atoms with E-state index >= 15 is 0 Å². The number of hydrogen-bond acceptors (Lipinski definition) is 28. The Bertz CT molecular complexity index is 3240. The first-order valence-corrected chi connectivity index (χ1v) is 42.2. The summed E-state index contributed by atoms with van der Waals surface area (Å²) in [6, 6.07) is 0. The average molecular weight is 1600 g/mol. The van der Waals surface area contributed by atoms with E-state index in [1.165, 1.54) is 6.92 Å². The van der Waals surface area contributed by atoms with Gasteiger partial charge in [0.2, 0.25) is 0 Å². The molecular formula is C84H144O28. The lowest BCUT2D eigenvalue weighted by Gasteiger charge is -2.72. The maximum Gasteiger partial charge on any atom is 0.187 e. The van der Waals surface area contributed by atoms with Crippen LogP contribution in [-0.4, -0.2) is 299 Å². The van der Waals surface area contributed by atoms with Crippen LogP contribution in [0.25, 0.3) is 0 Å². The lowest BCUT2D eigenvalue weighted by molar-refractivity contribution is -0.382. The van der Waals surface area contributed by atoms with Gasteiger partial charge in [0.25, 0.3) is 0 Å². The Hall–Kier alpha value is -1.38. The average Bonchev–Trinajstić information content (AvgIpc) is 1.27. The van der Waals surface area contributed by atoms with Crippen LogP contribution in [0.5, 0.6) is 0 Å². The molecular weight excluding hydrogens is 1460 g/mol. The van der Waals surface area contributed by atoms with Crippen molar-refractivity contribution in [1.29, 1.82) is 0 Å². The largest absolute Gasteiger partial charge is 0.394 e. The highest BCUT2D eigenvalue weighted by Crippen LogP contribution is 2.79. The number of hydrogen-bond donors (Lipinski definition) is 19. The second-order valence-electron chi connectivity index (χ2n) is 41.4. The topological polar surface area (TPSA) is 467 Å². The first kappa shape index (κ1) is 89.9. The van der Waals surface area contributed by atoms with Crippen LogP contribution >= 0.6 is 0 Å². The van der Waals surface area contributed by atoms with Gasteiger partial charge >= 0.3 is 0 Å². The molecule has 5 saturated heterocycles. The number of allylic oxidation sites excluding steroid dienone is 2. The summed E-state index contributed by atoms with van der Waals surface area (Å²) in [7, 11) is 0. The van der Waals surface area contributed by atoms with E-state index in [4.69, 9.17) is 42.6 Å². The Labute approximate surface area is 661 Å². The standard InChI is InChI=1S/2C42H72O14/c1-19-28(46)30(48)32(50)35(52-19)55-33-31(49)29(47)23(18-43)54-36(33)53-22-17-41(8)24(39(6)13-11-25(45)37(2,3)34(22)39)16-21(44)27-20(10-14-40(27,41)7)42(9)15-12-26(56-42)38(4,5)51;1-20(2)10-9-13-42(8,56-37-34(52)32(50)30(48)25(19-44)55-37)21-11-15-40(6)28(21)22(45)16-26-39(5)14-12-27(46)38(3,4)35(39)23(17-41(26,40)7)53-36-33(51)31(49)29(47)24(18-43)54-36/h19-36,43-51H,10-18H2,1-9H3;10,21-37,43-52H,9,11-19H2,1-8H3/t19-,20-,21-,22-,23+,24+,25-,26+,27-,28-,29+,30+,31-,32+,33+,34-,35-,36+,39+,40+,41+,42+;21-,22+,23-,24+,25+,26+,27+,28-,29+,30+,31-,32-,33+,34+,35-,36+,37-,39+,40+,41+,42-/m00/s1. The van der Waals surface area contributed by atoms with Gasteiger partial charge in [0.05, 0.1) is 85.5 Å². The number of rotatable bonds is 17. The van der Waals surface area contributed by atoms with Crippen LogP contribution in [0.1, 0.15) is 220 Å². The molecule has 0 aromatic carbocycles. The maximum atomic E-state index is 12.6. The normalized spacial score (nSPS) is 55.0. The number of fused-ring (bicyclic) bond motifs is 10. The molecule has 0 spiro atoms. The van der Waals surface area contributed by atoms with Crippen LogP contribution in [0.15, 0.2) is 11.6 Å². The van der Waals surface area contributed by atoms with Crippen molar-refractivity contribution in [3.05, 3.63) is 11.6 Å². The summed E-state index contributed by atoms with van der Waals surface area (Å²) >= 11 is 0. The molecule has 13 aliphatic rings. The molecule has 28 nitrogen and oxygen atoms in total. The van der Waals surface area contributed by atoms with Crippen molar-refractivity contribution in [2.45, 2.75) is 403 Å². The highest BCUT2D eigenvalue weighted by molar-refractivity contribution is 5.25. The van der Waals surface area contributed by atoms with Crippen molar-refractivity contribution in [3.63, 3.8) is 0 Å². The van der Waals surface area contributed by atoms with Gasteiger partial charge in [0.1, 0.15) is 91.6 Å². The SMILES string of the molecule is CC(C)=CCC[C@](C)(O[C@@H]1O[C@H](CO)[C@@H](O)[C@H](O)[C@H]1O)[C@H]1CC[C@]2(C)[C@@H]1[C@H](O)C[C@@H]1[C@@]3(C)CC[C@@H](O)C(C)(C)[C@@H]3[C@@H](O[C@@H]3O[C@H](CO)[C@@H](O)[C@H](O)[C@H]3O)C[C@]12C.C[C@@H]1O[C@@H](O[C@H]2[C@H](O[C@H]3C[C@]4(C)[C@H](C[C@H](O)[C@@H]5[C@@H]([C@@]6(C)CC[C@H](C(C)(C)O)O6)CC[C@]54C)[C@@]4(C)CC[C@H](O)C(C)(C)[C@H]34)O[C@H](CO)[C@@H](O)[C@@H]2O)[C@H](O)[C@H](O)[C@H]1O. The van der Waals surface area contributed by atoms with E-state index in [-0.39, 0.29) is 58.9 Å². The number of aliphatic hydroxyl groups excluding tert-OH is 18. The molecule has 0 radical (unpaired) electrons. The zero-order chi connectivity index (χ0) is 82.8. The van der Waals surface area contributed by atoms with Gasteiger partial charge in [0.15, 0.2) is 25.2 Å². The van der Waals surface area contributed by atoms with Crippen LogP contribution in [0.3, 0.4) is 0 Å². The molecule has 19 N–H and O–H groups in total. The van der Waals surface area contributed by atoms with Crippen LogP contribution in [-0.2, 0) is 42.6 Å². The van der Waals surface area contributed by atoms with Crippen molar-refractivity contribution >= 4 is 0 Å². The second kappa shape index (κ2) is 31.8. The minimum Gasteiger partial charge on any atom is -0.394 e. The minimum absolute atomic E-state index is 0.000258. The summed E-state index contributed by atoms with van der Waals surface area (Å²) in [6.07, 6.45) is -20.5. The first-order chi connectivity index (χ1) is 51.9. The molecule has 5 heterocycles. The predicted octanol–water partition coefficient (Wildman–Crippen LogP) is 2.48.